The molecule has 0 aliphatic carbocycles. The van der Waals surface area contributed by atoms with Gasteiger partial charge in [0.05, 0.1) is 0 Å². The van der Waals surface area contributed by atoms with Gasteiger partial charge in [0.15, 0.2) is 0 Å². The van der Waals surface area contributed by atoms with Crippen LogP contribution in [-0.4, -0.2) is 36.5 Å². The third-order valence-corrected chi connectivity index (χ3v) is 7.17. The molecule has 0 aliphatic heterocycles. The highest BCUT2D eigenvalue weighted by molar-refractivity contribution is 7.91. The minimum Gasteiger partial charge on any atom is -0.369 e. The lowest BCUT2D eigenvalue weighted by molar-refractivity contribution is 0.585. The van der Waals surface area contributed by atoms with E-state index in [9.17, 15) is 8.42 Å². The molecule has 8 nitrogen and oxygen atoms in total. The van der Waals surface area contributed by atoms with Crippen LogP contribution in [0.25, 0.3) is 0 Å². The quantitative estimate of drug-likeness (QED) is 0.445. The maximum absolute atomic E-state index is 12.3. The van der Waals surface area contributed by atoms with Crippen molar-refractivity contribution in [3.63, 3.8) is 0 Å². The lowest BCUT2D eigenvalue weighted by Gasteiger charge is -2.10. The Morgan fingerprint density at radius 3 is 2.52 bits per heavy atom. The van der Waals surface area contributed by atoms with Crippen LogP contribution >= 0.6 is 11.3 Å². The van der Waals surface area contributed by atoms with Crippen molar-refractivity contribution >= 4 is 38.8 Å². The lowest BCUT2D eigenvalue weighted by atomic mass is 10.3. The van der Waals surface area contributed by atoms with Crippen LogP contribution in [0.15, 0.2) is 40.7 Å². The summed E-state index contributed by atoms with van der Waals surface area (Å²) in [5, 5.41) is 6.29. The molecule has 0 saturated heterocycles. The van der Waals surface area contributed by atoms with Crippen molar-refractivity contribution in [3.05, 3.63) is 52.8 Å². The molecule has 3 aromatic rings. The molecule has 0 unspecified atom stereocenters. The SMILES string of the molecule is CCc1ccc(S(=O)(=O)NCCNc2cc(Nc3cc(C)ccn3)nc(C)n2)s1. The molecule has 0 amide bonds. The third-order valence-electron chi connectivity index (χ3n) is 3.98. The van der Waals surface area contributed by atoms with Gasteiger partial charge in [0.25, 0.3) is 0 Å². The predicted octanol–water partition coefficient (Wildman–Crippen LogP) is 3.25. The highest BCUT2D eigenvalue weighted by Crippen LogP contribution is 2.21. The number of sulfonamides is 1. The van der Waals surface area contributed by atoms with Gasteiger partial charge in [-0.15, -0.1) is 11.3 Å². The molecule has 3 N–H and O–H groups in total. The molecule has 154 valence electrons. The Bertz CT molecular complexity index is 1080. The molecule has 0 saturated carbocycles. The van der Waals surface area contributed by atoms with Gasteiger partial charge in [-0.05, 0) is 50.1 Å². The van der Waals surface area contributed by atoms with E-state index in [0.717, 1.165) is 16.9 Å². The van der Waals surface area contributed by atoms with Gasteiger partial charge >= 0.3 is 0 Å². The number of thiophene rings is 1. The topological polar surface area (TPSA) is 109 Å². The van der Waals surface area contributed by atoms with Crippen molar-refractivity contribution < 1.29 is 8.42 Å². The fraction of sp³-hybridized carbons (Fsp3) is 0.316. The molecule has 0 radical (unpaired) electrons. The summed E-state index contributed by atoms with van der Waals surface area (Å²) in [6.45, 7) is 6.43. The van der Waals surface area contributed by atoms with Crippen molar-refractivity contribution in [1.82, 2.24) is 19.7 Å². The average molecular weight is 433 g/mol. The van der Waals surface area contributed by atoms with Gasteiger partial charge in [0.2, 0.25) is 10.0 Å². The molecule has 10 heteroatoms. The standard InChI is InChI=1S/C19H24N6O2S2/c1-4-15-5-6-19(28-15)29(26,27)22-10-9-21-17-12-18(24-14(3)23-17)25-16-11-13(2)7-8-20-16/h5-8,11-12,22H,4,9-10H2,1-3H3,(H2,20,21,23,24,25). The van der Waals surface area contributed by atoms with Gasteiger partial charge in [-0.2, -0.15) is 0 Å². The van der Waals surface area contributed by atoms with Crippen molar-refractivity contribution in [2.75, 3.05) is 23.7 Å². The molecule has 3 aromatic heterocycles. The summed E-state index contributed by atoms with van der Waals surface area (Å²) in [5.41, 5.74) is 1.09. The van der Waals surface area contributed by atoms with E-state index in [-0.39, 0.29) is 6.54 Å². The minimum absolute atomic E-state index is 0.243. The summed E-state index contributed by atoms with van der Waals surface area (Å²) in [5.74, 6) is 2.52. The second kappa shape index (κ2) is 9.29. The van der Waals surface area contributed by atoms with E-state index < -0.39 is 10.0 Å². The normalized spacial score (nSPS) is 11.4. The monoisotopic (exact) mass is 432 g/mol. The van der Waals surface area contributed by atoms with E-state index in [4.69, 9.17) is 0 Å². The molecule has 3 heterocycles. The van der Waals surface area contributed by atoms with Crippen LogP contribution in [-0.2, 0) is 16.4 Å². The average Bonchev–Trinajstić information content (AvgIpc) is 3.15. The van der Waals surface area contributed by atoms with E-state index in [0.29, 0.717) is 34.0 Å². The van der Waals surface area contributed by atoms with Crippen LogP contribution in [0.1, 0.15) is 23.2 Å². The minimum atomic E-state index is -3.49. The van der Waals surface area contributed by atoms with E-state index >= 15 is 0 Å². The first-order valence-electron chi connectivity index (χ1n) is 9.23. The molecule has 0 aliphatic rings. The first-order valence-corrected chi connectivity index (χ1v) is 11.5. The van der Waals surface area contributed by atoms with Crippen molar-refractivity contribution in [3.8, 4) is 0 Å². The smallest absolute Gasteiger partial charge is 0.250 e. The van der Waals surface area contributed by atoms with Crippen LogP contribution in [0.2, 0.25) is 0 Å². The molecule has 3 rings (SSSR count). The molecule has 0 spiro atoms. The van der Waals surface area contributed by atoms with Crippen LogP contribution < -0.4 is 15.4 Å². The van der Waals surface area contributed by atoms with Gasteiger partial charge in [-0.3, -0.25) is 0 Å². The number of nitrogens with zero attached hydrogens (tertiary/aromatic N) is 3. The van der Waals surface area contributed by atoms with E-state index in [1.807, 2.05) is 32.0 Å². The zero-order chi connectivity index (χ0) is 20.9. The highest BCUT2D eigenvalue weighted by Gasteiger charge is 2.15. The number of aromatic nitrogens is 3. The van der Waals surface area contributed by atoms with Gasteiger partial charge in [-0.1, -0.05) is 6.92 Å². The van der Waals surface area contributed by atoms with Gasteiger partial charge in [0, 0.05) is 30.2 Å². The van der Waals surface area contributed by atoms with Crippen LogP contribution in [0.3, 0.4) is 0 Å². The number of hydrogen-bond acceptors (Lipinski definition) is 8. The third kappa shape index (κ3) is 5.96. The molecule has 29 heavy (non-hydrogen) atoms. The maximum Gasteiger partial charge on any atom is 0.250 e. The summed E-state index contributed by atoms with van der Waals surface area (Å²) in [4.78, 5) is 14.0. The van der Waals surface area contributed by atoms with Crippen molar-refractivity contribution in [2.24, 2.45) is 0 Å². The molecule has 0 aromatic carbocycles. The fourth-order valence-electron chi connectivity index (χ4n) is 2.60. The Kier molecular flexibility index (Phi) is 6.78. The largest absolute Gasteiger partial charge is 0.369 e. The first-order chi connectivity index (χ1) is 13.9. The molecule has 0 bridgehead atoms. The number of nitrogens with one attached hydrogen (secondary N) is 3. The Morgan fingerprint density at radius 2 is 1.79 bits per heavy atom. The van der Waals surface area contributed by atoms with Gasteiger partial charge in [0.1, 0.15) is 27.5 Å². The first kappa shape index (κ1) is 21.2. The number of rotatable bonds is 9. The van der Waals surface area contributed by atoms with Crippen LogP contribution in [0.5, 0.6) is 0 Å². The second-order valence-electron chi connectivity index (χ2n) is 6.43. The Hall–Kier alpha value is -2.56. The maximum atomic E-state index is 12.3. The van der Waals surface area contributed by atoms with Gasteiger partial charge < -0.3 is 10.6 Å². The van der Waals surface area contributed by atoms with E-state index in [1.54, 1.807) is 25.3 Å². The predicted molar refractivity (Wildman–Crippen MR) is 116 cm³/mol. The Labute approximate surface area is 174 Å². The van der Waals surface area contributed by atoms with Gasteiger partial charge in [-0.25, -0.2) is 28.1 Å². The Morgan fingerprint density at radius 1 is 1.00 bits per heavy atom. The molecule has 0 fully saturated rings. The Balaban J connectivity index is 1.57. The van der Waals surface area contributed by atoms with Crippen molar-refractivity contribution in [2.45, 2.75) is 31.4 Å². The number of anilines is 3. The number of aryl methyl sites for hydroxylation is 3. The summed E-state index contributed by atoms with van der Waals surface area (Å²) in [6, 6.07) is 9.10. The van der Waals surface area contributed by atoms with E-state index in [2.05, 4.69) is 30.3 Å². The zero-order valence-electron chi connectivity index (χ0n) is 16.6. The second-order valence-corrected chi connectivity index (χ2v) is 9.59. The summed E-state index contributed by atoms with van der Waals surface area (Å²) < 4.78 is 27.6. The molecular formula is C19H24N6O2S2. The summed E-state index contributed by atoms with van der Waals surface area (Å²) >= 11 is 1.29. The fourth-order valence-corrected chi connectivity index (χ4v) is 4.97. The molecular weight excluding hydrogens is 408 g/mol. The van der Waals surface area contributed by atoms with Crippen LogP contribution in [0, 0.1) is 13.8 Å². The van der Waals surface area contributed by atoms with Crippen molar-refractivity contribution in [1.29, 1.82) is 0 Å². The highest BCUT2D eigenvalue weighted by atomic mass is 32.2. The lowest BCUT2D eigenvalue weighted by Crippen LogP contribution is -2.28. The summed E-state index contributed by atoms with van der Waals surface area (Å²) in [7, 11) is -3.49. The molecule has 0 atom stereocenters. The zero-order valence-corrected chi connectivity index (χ0v) is 18.2. The van der Waals surface area contributed by atoms with E-state index in [1.165, 1.54) is 11.3 Å². The number of pyridine rings is 1. The summed E-state index contributed by atoms with van der Waals surface area (Å²) in [6.07, 6.45) is 2.55. The number of hydrogen-bond donors (Lipinski definition) is 3. The van der Waals surface area contributed by atoms with Crippen LogP contribution in [0.4, 0.5) is 17.5 Å².